The Morgan fingerprint density at radius 3 is 2.83 bits per heavy atom. The molecule has 0 aromatic heterocycles. The van der Waals surface area contributed by atoms with Crippen LogP contribution >= 0.6 is 15.9 Å². The minimum absolute atomic E-state index is 0.676. The summed E-state index contributed by atoms with van der Waals surface area (Å²) in [5.74, 6) is 0. The van der Waals surface area contributed by atoms with Crippen LogP contribution in [0.1, 0.15) is 36.8 Å². The van der Waals surface area contributed by atoms with E-state index in [1.54, 1.807) is 0 Å². The zero-order chi connectivity index (χ0) is 12.4. The molecule has 0 saturated heterocycles. The predicted molar refractivity (Wildman–Crippen MR) is 79.9 cm³/mol. The summed E-state index contributed by atoms with van der Waals surface area (Å²) >= 11 is 3.56. The molecular weight excluding hydrogens is 286 g/mol. The molecule has 0 heterocycles. The Balaban J connectivity index is 1.64. The SMILES string of the molecule is Brc1ccc2c(c1)CCC(NC1CC=CCC1)C2. The van der Waals surface area contributed by atoms with Crippen molar-refractivity contribution in [2.45, 2.75) is 50.6 Å². The third-order valence-electron chi connectivity index (χ3n) is 4.14. The van der Waals surface area contributed by atoms with Gasteiger partial charge in [0.15, 0.2) is 0 Å². The highest BCUT2D eigenvalue weighted by molar-refractivity contribution is 9.10. The van der Waals surface area contributed by atoms with E-state index >= 15 is 0 Å². The van der Waals surface area contributed by atoms with E-state index in [9.17, 15) is 0 Å². The van der Waals surface area contributed by atoms with Gasteiger partial charge in [0.2, 0.25) is 0 Å². The summed E-state index contributed by atoms with van der Waals surface area (Å²) < 4.78 is 1.21. The van der Waals surface area contributed by atoms with Crippen LogP contribution in [0.4, 0.5) is 0 Å². The molecule has 2 atom stereocenters. The number of nitrogens with one attached hydrogen (secondary N) is 1. The summed E-state index contributed by atoms with van der Waals surface area (Å²) in [4.78, 5) is 0. The Morgan fingerprint density at radius 1 is 1.06 bits per heavy atom. The molecule has 3 rings (SSSR count). The van der Waals surface area contributed by atoms with Crippen LogP contribution in [0.2, 0.25) is 0 Å². The van der Waals surface area contributed by atoms with Crippen LogP contribution in [0.25, 0.3) is 0 Å². The van der Waals surface area contributed by atoms with E-state index in [0.717, 1.165) is 0 Å². The van der Waals surface area contributed by atoms with Crippen LogP contribution < -0.4 is 5.32 Å². The maximum Gasteiger partial charge on any atom is 0.0178 e. The van der Waals surface area contributed by atoms with Gasteiger partial charge in [-0.25, -0.2) is 0 Å². The van der Waals surface area contributed by atoms with Crippen LogP contribution in [-0.2, 0) is 12.8 Å². The van der Waals surface area contributed by atoms with Crippen LogP contribution in [0.5, 0.6) is 0 Å². The summed E-state index contributed by atoms with van der Waals surface area (Å²) in [6.07, 6.45) is 12.1. The number of fused-ring (bicyclic) bond motifs is 1. The minimum Gasteiger partial charge on any atom is -0.311 e. The molecule has 18 heavy (non-hydrogen) atoms. The van der Waals surface area contributed by atoms with Gasteiger partial charge in [-0.1, -0.05) is 34.1 Å². The average Bonchev–Trinajstić information content (AvgIpc) is 2.40. The van der Waals surface area contributed by atoms with E-state index in [2.05, 4.69) is 51.6 Å². The molecule has 2 heteroatoms. The lowest BCUT2D eigenvalue weighted by atomic mass is 9.87. The summed E-state index contributed by atoms with van der Waals surface area (Å²) in [5.41, 5.74) is 3.07. The van der Waals surface area contributed by atoms with E-state index in [-0.39, 0.29) is 0 Å². The van der Waals surface area contributed by atoms with Crippen molar-refractivity contribution >= 4 is 15.9 Å². The molecule has 2 unspecified atom stereocenters. The first-order chi connectivity index (χ1) is 8.81. The normalized spacial score (nSPS) is 26.9. The van der Waals surface area contributed by atoms with Gasteiger partial charge >= 0.3 is 0 Å². The molecular formula is C16H20BrN. The van der Waals surface area contributed by atoms with Gasteiger partial charge in [0, 0.05) is 16.6 Å². The van der Waals surface area contributed by atoms with Crippen LogP contribution in [0.15, 0.2) is 34.8 Å². The molecule has 1 nitrogen and oxygen atoms in total. The summed E-state index contributed by atoms with van der Waals surface area (Å²) in [6.45, 7) is 0. The molecule has 2 aliphatic carbocycles. The van der Waals surface area contributed by atoms with Gasteiger partial charge in [-0.3, -0.25) is 0 Å². The second-order valence-corrected chi connectivity index (χ2v) is 6.42. The fourth-order valence-electron chi connectivity index (χ4n) is 3.14. The lowest BCUT2D eigenvalue weighted by Gasteiger charge is -2.30. The van der Waals surface area contributed by atoms with Gasteiger partial charge in [0.05, 0.1) is 0 Å². The topological polar surface area (TPSA) is 12.0 Å². The first kappa shape index (κ1) is 12.4. The standard InChI is InChI=1S/C16H20BrN/c17-14-8-6-13-11-16(9-7-12(13)10-14)18-15-4-2-1-3-5-15/h1-2,6,8,10,15-16,18H,3-5,7,9,11H2. The highest BCUT2D eigenvalue weighted by Gasteiger charge is 2.21. The van der Waals surface area contributed by atoms with Gasteiger partial charge in [0.25, 0.3) is 0 Å². The highest BCUT2D eigenvalue weighted by atomic mass is 79.9. The predicted octanol–water partition coefficient (Wildman–Crippen LogP) is 4.00. The van der Waals surface area contributed by atoms with Gasteiger partial charge in [-0.2, -0.15) is 0 Å². The van der Waals surface area contributed by atoms with E-state index < -0.39 is 0 Å². The second-order valence-electron chi connectivity index (χ2n) is 5.50. The third kappa shape index (κ3) is 2.86. The number of aryl methyl sites for hydroxylation is 1. The molecule has 0 radical (unpaired) electrons. The first-order valence-electron chi connectivity index (χ1n) is 6.99. The molecule has 0 fully saturated rings. The van der Waals surface area contributed by atoms with Gasteiger partial charge in [0.1, 0.15) is 0 Å². The quantitative estimate of drug-likeness (QED) is 0.814. The molecule has 1 aromatic carbocycles. The largest absolute Gasteiger partial charge is 0.311 e. The Kier molecular flexibility index (Phi) is 3.86. The zero-order valence-corrected chi connectivity index (χ0v) is 12.2. The Labute approximate surface area is 118 Å². The minimum atomic E-state index is 0.676. The molecule has 1 N–H and O–H groups in total. The van der Waals surface area contributed by atoms with Crippen molar-refractivity contribution in [3.8, 4) is 0 Å². The van der Waals surface area contributed by atoms with Crippen molar-refractivity contribution in [3.63, 3.8) is 0 Å². The number of benzene rings is 1. The van der Waals surface area contributed by atoms with Crippen molar-refractivity contribution in [1.82, 2.24) is 5.32 Å². The Bertz CT molecular complexity index is 452. The van der Waals surface area contributed by atoms with Crippen molar-refractivity contribution < 1.29 is 0 Å². The van der Waals surface area contributed by atoms with Crippen molar-refractivity contribution in [1.29, 1.82) is 0 Å². The fourth-order valence-corrected chi connectivity index (χ4v) is 3.55. The van der Waals surface area contributed by atoms with Crippen molar-refractivity contribution in [2.24, 2.45) is 0 Å². The highest BCUT2D eigenvalue weighted by Crippen LogP contribution is 2.25. The number of hydrogen-bond acceptors (Lipinski definition) is 1. The molecule has 0 saturated carbocycles. The number of hydrogen-bond donors (Lipinski definition) is 1. The Morgan fingerprint density at radius 2 is 2.00 bits per heavy atom. The van der Waals surface area contributed by atoms with E-state index in [1.165, 1.54) is 54.1 Å². The van der Waals surface area contributed by atoms with E-state index in [4.69, 9.17) is 0 Å². The fraction of sp³-hybridized carbons (Fsp3) is 0.500. The molecule has 2 aliphatic rings. The third-order valence-corrected chi connectivity index (χ3v) is 4.63. The van der Waals surface area contributed by atoms with Gasteiger partial charge in [-0.15, -0.1) is 0 Å². The Hall–Kier alpha value is -0.600. The smallest absolute Gasteiger partial charge is 0.0178 e. The summed E-state index contributed by atoms with van der Waals surface area (Å²) in [6, 6.07) is 8.13. The van der Waals surface area contributed by atoms with Gasteiger partial charge in [-0.05, 0) is 61.8 Å². The second kappa shape index (κ2) is 5.58. The zero-order valence-electron chi connectivity index (χ0n) is 10.7. The maximum absolute atomic E-state index is 3.85. The van der Waals surface area contributed by atoms with E-state index in [1.807, 2.05) is 0 Å². The monoisotopic (exact) mass is 305 g/mol. The molecule has 1 aromatic rings. The molecule has 0 spiro atoms. The number of halogens is 1. The van der Waals surface area contributed by atoms with Crippen molar-refractivity contribution in [2.75, 3.05) is 0 Å². The maximum atomic E-state index is 3.85. The lowest BCUT2D eigenvalue weighted by molar-refractivity contribution is 0.374. The molecule has 0 amide bonds. The summed E-state index contributed by atoms with van der Waals surface area (Å²) in [5, 5.41) is 3.85. The first-order valence-corrected chi connectivity index (χ1v) is 7.79. The number of rotatable bonds is 2. The number of allylic oxidation sites excluding steroid dienone is 1. The average molecular weight is 306 g/mol. The lowest BCUT2D eigenvalue weighted by Crippen LogP contribution is -2.41. The van der Waals surface area contributed by atoms with Crippen LogP contribution in [0, 0.1) is 0 Å². The van der Waals surface area contributed by atoms with E-state index in [0.29, 0.717) is 12.1 Å². The van der Waals surface area contributed by atoms with Crippen molar-refractivity contribution in [3.05, 3.63) is 46.0 Å². The molecule has 96 valence electrons. The van der Waals surface area contributed by atoms with Gasteiger partial charge < -0.3 is 5.32 Å². The van der Waals surface area contributed by atoms with Crippen LogP contribution in [-0.4, -0.2) is 12.1 Å². The molecule has 0 aliphatic heterocycles. The van der Waals surface area contributed by atoms with Crippen LogP contribution in [0.3, 0.4) is 0 Å². The summed E-state index contributed by atoms with van der Waals surface area (Å²) in [7, 11) is 0. The molecule has 0 bridgehead atoms.